The molecule has 0 aromatic heterocycles. The lowest BCUT2D eigenvalue weighted by Gasteiger charge is -2.37. The van der Waals surface area contributed by atoms with Crippen LogP contribution in [0.15, 0.2) is 0 Å². The summed E-state index contributed by atoms with van der Waals surface area (Å²) in [6.45, 7) is 6.47. The lowest BCUT2D eigenvalue weighted by atomic mass is 9.97. The third-order valence-electron chi connectivity index (χ3n) is 3.69. The molecule has 0 saturated heterocycles. The summed E-state index contributed by atoms with van der Waals surface area (Å²) in [4.78, 5) is 2.44. The standard InChI is InChI=1S/C11H24N2/c1-4-11(2,9-12)13(3)8-7-10-5-6-10/h10H,4-9,12H2,1-3H3. The van der Waals surface area contributed by atoms with Crippen LogP contribution in [0.4, 0.5) is 0 Å². The van der Waals surface area contributed by atoms with E-state index in [4.69, 9.17) is 5.73 Å². The summed E-state index contributed by atoms with van der Waals surface area (Å²) in [6, 6.07) is 0. The monoisotopic (exact) mass is 184 g/mol. The molecule has 0 bridgehead atoms. The second-order valence-corrected chi connectivity index (χ2v) is 4.71. The predicted octanol–water partition coefficient (Wildman–Crippen LogP) is 1.85. The van der Waals surface area contributed by atoms with Crippen molar-refractivity contribution in [2.75, 3.05) is 20.1 Å². The predicted molar refractivity (Wildman–Crippen MR) is 57.7 cm³/mol. The number of hydrogen-bond donors (Lipinski definition) is 1. The molecule has 0 aliphatic heterocycles. The van der Waals surface area contributed by atoms with Crippen molar-refractivity contribution in [3.63, 3.8) is 0 Å². The number of rotatable bonds is 6. The van der Waals surface area contributed by atoms with Gasteiger partial charge in [-0.05, 0) is 39.3 Å². The van der Waals surface area contributed by atoms with Crippen LogP contribution in [-0.4, -0.2) is 30.6 Å². The van der Waals surface area contributed by atoms with Crippen LogP contribution in [0.5, 0.6) is 0 Å². The molecule has 0 spiro atoms. The molecule has 2 heteroatoms. The average molecular weight is 184 g/mol. The van der Waals surface area contributed by atoms with Gasteiger partial charge in [0, 0.05) is 12.1 Å². The summed E-state index contributed by atoms with van der Waals surface area (Å²) in [5.41, 5.74) is 6.02. The maximum atomic E-state index is 5.80. The van der Waals surface area contributed by atoms with Gasteiger partial charge >= 0.3 is 0 Å². The average Bonchev–Trinajstić information content (AvgIpc) is 2.96. The lowest BCUT2D eigenvalue weighted by Crippen LogP contribution is -2.49. The molecule has 0 radical (unpaired) electrons. The summed E-state index contributed by atoms with van der Waals surface area (Å²) in [7, 11) is 2.21. The maximum absolute atomic E-state index is 5.80. The van der Waals surface area contributed by atoms with Crippen molar-refractivity contribution in [1.29, 1.82) is 0 Å². The molecule has 1 aliphatic rings. The van der Waals surface area contributed by atoms with E-state index in [0.29, 0.717) is 0 Å². The van der Waals surface area contributed by atoms with Crippen LogP contribution in [0.2, 0.25) is 0 Å². The Morgan fingerprint density at radius 1 is 1.46 bits per heavy atom. The van der Waals surface area contributed by atoms with Gasteiger partial charge in [-0.3, -0.25) is 4.90 Å². The van der Waals surface area contributed by atoms with Crippen LogP contribution in [0, 0.1) is 5.92 Å². The first kappa shape index (κ1) is 11.0. The zero-order valence-corrected chi connectivity index (χ0v) is 9.34. The maximum Gasteiger partial charge on any atom is 0.0297 e. The minimum atomic E-state index is 0.217. The molecule has 2 N–H and O–H groups in total. The molecule has 0 amide bonds. The first-order valence-electron chi connectivity index (χ1n) is 5.53. The van der Waals surface area contributed by atoms with Crippen LogP contribution in [0.1, 0.15) is 39.5 Å². The molecular formula is C11H24N2. The van der Waals surface area contributed by atoms with Crippen LogP contribution < -0.4 is 5.73 Å². The lowest BCUT2D eigenvalue weighted by molar-refractivity contribution is 0.136. The van der Waals surface area contributed by atoms with E-state index in [2.05, 4.69) is 25.8 Å². The Hall–Kier alpha value is -0.0800. The van der Waals surface area contributed by atoms with Crippen molar-refractivity contribution in [3.8, 4) is 0 Å². The van der Waals surface area contributed by atoms with E-state index in [1.807, 2.05) is 0 Å². The Balaban J connectivity index is 2.28. The van der Waals surface area contributed by atoms with Gasteiger partial charge < -0.3 is 5.73 Å². The Morgan fingerprint density at radius 3 is 2.46 bits per heavy atom. The van der Waals surface area contributed by atoms with E-state index in [1.54, 1.807) is 0 Å². The number of nitrogens with two attached hydrogens (primary N) is 1. The normalized spacial score (nSPS) is 21.9. The summed E-state index contributed by atoms with van der Waals surface area (Å²) >= 11 is 0. The van der Waals surface area contributed by atoms with Crippen molar-refractivity contribution in [2.24, 2.45) is 11.7 Å². The fraction of sp³-hybridized carbons (Fsp3) is 1.00. The van der Waals surface area contributed by atoms with E-state index in [0.717, 1.165) is 18.9 Å². The van der Waals surface area contributed by atoms with Crippen LogP contribution >= 0.6 is 0 Å². The van der Waals surface area contributed by atoms with Gasteiger partial charge in [0.25, 0.3) is 0 Å². The van der Waals surface area contributed by atoms with Crippen molar-refractivity contribution >= 4 is 0 Å². The topological polar surface area (TPSA) is 29.3 Å². The van der Waals surface area contributed by atoms with Crippen LogP contribution in [-0.2, 0) is 0 Å². The van der Waals surface area contributed by atoms with E-state index in [9.17, 15) is 0 Å². The molecule has 0 heterocycles. The summed E-state index contributed by atoms with van der Waals surface area (Å²) in [6.07, 6.45) is 5.43. The minimum absolute atomic E-state index is 0.217. The van der Waals surface area contributed by atoms with E-state index in [1.165, 1.54) is 25.8 Å². The molecule has 13 heavy (non-hydrogen) atoms. The smallest absolute Gasteiger partial charge is 0.0297 e. The molecule has 0 aromatic carbocycles. The summed E-state index contributed by atoms with van der Waals surface area (Å²) < 4.78 is 0. The van der Waals surface area contributed by atoms with Crippen LogP contribution in [0.25, 0.3) is 0 Å². The molecular weight excluding hydrogens is 160 g/mol. The van der Waals surface area contributed by atoms with E-state index in [-0.39, 0.29) is 5.54 Å². The minimum Gasteiger partial charge on any atom is -0.329 e. The van der Waals surface area contributed by atoms with Crippen LogP contribution in [0.3, 0.4) is 0 Å². The van der Waals surface area contributed by atoms with Gasteiger partial charge in [-0.25, -0.2) is 0 Å². The number of likely N-dealkylation sites (N-methyl/N-ethyl adjacent to an activating group) is 1. The molecule has 1 saturated carbocycles. The van der Waals surface area contributed by atoms with Gasteiger partial charge in [0.1, 0.15) is 0 Å². The first-order valence-corrected chi connectivity index (χ1v) is 5.53. The highest BCUT2D eigenvalue weighted by Crippen LogP contribution is 2.33. The Morgan fingerprint density at radius 2 is 2.08 bits per heavy atom. The van der Waals surface area contributed by atoms with E-state index >= 15 is 0 Å². The third kappa shape index (κ3) is 2.96. The van der Waals surface area contributed by atoms with Gasteiger partial charge in [0.2, 0.25) is 0 Å². The SMILES string of the molecule is CCC(C)(CN)N(C)CCC1CC1. The fourth-order valence-electron chi connectivity index (χ4n) is 1.62. The van der Waals surface area contributed by atoms with Crippen molar-refractivity contribution in [2.45, 2.75) is 45.1 Å². The number of nitrogens with zero attached hydrogens (tertiary/aromatic N) is 1. The largest absolute Gasteiger partial charge is 0.329 e. The zero-order chi connectivity index (χ0) is 9.90. The first-order chi connectivity index (χ1) is 6.12. The van der Waals surface area contributed by atoms with Crippen molar-refractivity contribution in [1.82, 2.24) is 4.90 Å². The Bertz CT molecular complexity index is 148. The second-order valence-electron chi connectivity index (χ2n) is 4.71. The van der Waals surface area contributed by atoms with E-state index < -0.39 is 0 Å². The highest BCUT2D eigenvalue weighted by molar-refractivity contribution is 4.85. The molecule has 2 nitrogen and oxygen atoms in total. The van der Waals surface area contributed by atoms with Gasteiger partial charge in [-0.2, -0.15) is 0 Å². The summed E-state index contributed by atoms with van der Waals surface area (Å²) in [5.74, 6) is 1.03. The highest BCUT2D eigenvalue weighted by atomic mass is 15.2. The van der Waals surface area contributed by atoms with Gasteiger partial charge in [-0.15, -0.1) is 0 Å². The second kappa shape index (κ2) is 4.43. The van der Waals surface area contributed by atoms with Gasteiger partial charge in [0.15, 0.2) is 0 Å². The quantitative estimate of drug-likeness (QED) is 0.682. The third-order valence-corrected chi connectivity index (χ3v) is 3.69. The number of hydrogen-bond acceptors (Lipinski definition) is 2. The molecule has 1 fully saturated rings. The molecule has 78 valence electrons. The molecule has 1 rings (SSSR count). The highest BCUT2D eigenvalue weighted by Gasteiger charge is 2.27. The Labute approximate surface area is 82.5 Å². The fourth-order valence-corrected chi connectivity index (χ4v) is 1.62. The van der Waals surface area contributed by atoms with Gasteiger partial charge in [0.05, 0.1) is 0 Å². The molecule has 0 aromatic rings. The van der Waals surface area contributed by atoms with Crippen molar-refractivity contribution in [3.05, 3.63) is 0 Å². The molecule has 1 unspecified atom stereocenters. The molecule has 1 aliphatic carbocycles. The zero-order valence-electron chi connectivity index (χ0n) is 9.34. The Kier molecular flexibility index (Phi) is 3.74. The van der Waals surface area contributed by atoms with Gasteiger partial charge in [-0.1, -0.05) is 19.8 Å². The molecule has 1 atom stereocenters. The van der Waals surface area contributed by atoms with Crippen molar-refractivity contribution < 1.29 is 0 Å². The summed E-state index contributed by atoms with van der Waals surface area (Å²) in [5, 5.41) is 0.